The summed E-state index contributed by atoms with van der Waals surface area (Å²) in [5, 5.41) is 9.49. The maximum atomic E-state index is 13.2. The number of aromatic nitrogens is 4. The first-order chi connectivity index (χ1) is 14.0. The molecule has 1 N–H and O–H groups in total. The van der Waals surface area contributed by atoms with E-state index < -0.39 is 0 Å². The predicted octanol–water partition coefficient (Wildman–Crippen LogP) is 3.54. The van der Waals surface area contributed by atoms with E-state index in [2.05, 4.69) is 31.6 Å². The van der Waals surface area contributed by atoms with E-state index in [4.69, 9.17) is 0 Å². The summed E-state index contributed by atoms with van der Waals surface area (Å²) in [5.41, 5.74) is 2.71. The highest BCUT2D eigenvalue weighted by Crippen LogP contribution is 2.37. The maximum Gasteiger partial charge on any atom is 0.226 e. The molecule has 3 aromatic rings. The summed E-state index contributed by atoms with van der Waals surface area (Å²) in [5.74, 6) is 0.816. The molecule has 8 heteroatoms. The Bertz CT molecular complexity index is 967. The molecule has 0 saturated carbocycles. The Morgan fingerprint density at radius 2 is 2.28 bits per heavy atom. The lowest BCUT2D eigenvalue weighted by atomic mass is 10.0. The molecule has 0 radical (unpaired) electrons. The van der Waals surface area contributed by atoms with Crippen molar-refractivity contribution in [3.8, 4) is 11.3 Å². The smallest absolute Gasteiger partial charge is 0.226 e. The van der Waals surface area contributed by atoms with Gasteiger partial charge < -0.3 is 9.80 Å². The van der Waals surface area contributed by atoms with Gasteiger partial charge in [0.1, 0.15) is 0 Å². The SMILES string of the molecule is C[C@H](Cc1cccs1)C(=O)N1CCC[C@@H]1c1[nH]ncc1-c1ccnc(N(C)C)n1. The van der Waals surface area contributed by atoms with Crippen molar-refractivity contribution in [1.82, 2.24) is 25.1 Å². The number of hydrogen-bond acceptors (Lipinski definition) is 6. The number of carbonyl (C=O) groups excluding carboxylic acids is 1. The van der Waals surface area contributed by atoms with Crippen LogP contribution in [-0.2, 0) is 11.2 Å². The number of amides is 1. The minimum atomic E-state index is -0.0417. The molecule has 7 nitrogen and oxygen atoms in total. The highest BCUT2D eigenvalue weighted by Gasteiger charge is 2.35. The lowest BCUT2D eigenvalue weighted by Crippen LogP contribution is -2.35. The molecule has 0 bridgehead atoms. The molecule has 0 spiro atoms. The van der Waals surface area contributed by atoms with Crippen LogP contribution < -0.4 is 4.90 Å². The Labute approximate surface area is 174 Å². The van der Waals surface area contributed by atoms with Crippen molar-refractivity contribution in [3.05, 3.63) is 46.5 Å². The third-order valence-electron chi connectivity index (χ3n) is 5.37. The monoisotopic (exact) mass is 410 g/mol. The van der Waals surface area contributed by atoms with Crippen LogP contribution in [0.15, 0.2) is 36.0 Å². The Morgan fingerprint density at radius 1 is 1.41 bits per heavy atom. The fourth-order valence-electron chi connectivity index (χ4n) is 3.90. The Balaban J connectivity index is 1.58. The van der Waals surface area contributed by atoms with Crippen LogP contribution in [0.2, 0.25) is 0 Å². The normalized spacial score (nSPS) is 17.5. The number of aromatic amines is 1. The summed E-state index contributed by atoms with van der Waals surface area (Å²) in [7, 11) is 3.84. The average Bonchev–Trinajstić information content (AvgIpc) is 3.47. The minimum Gasteiger partial charge on any atom is -0.347 e. The van der Waals surface area contributed by atoms with E-state index in [0.717, 1.165) is 42.8 Å². The largest absolute Gasteiger partial charge is 0.347 e. The zero-order valence-electron chi connectivity index (χ0n) is 17.0. The van der Waals surface area contributed by atoms with Crippen molar-refractivity contribution in [2.75, 3.05) is 25.5 Å². The third kappa shape index (κ3) is 4.03. The average molecular weight is 411 g/mol. The molecule has 1 aliphatic rings. The summed E-state index contributed by atoms with van der Waals surface area (Å²) in [6, 6.07) is 6.03. The van der Waals surface area contributed by atoms with E-state index in [0.29, 0.717) is 5.95 Å². The van der Waals surface area contributed by atoms with Crippen LogP contribution in [0.5, 0.6) is 0 Å². The number of rotatable bonds is 6. The number of likely N-dealkylation sites (tertiary alicyclic amines) is 1. The molecule has 4 heterocycles. The van der Waals surface area contributed by atoms with Crippen LogP contribution in [0.1, 0.15) is 36.4 Å². The fraction of sp³-hybridized carbons (Fsp3) is 0.429. The summed E-state index contributed by atoms with van der Waals surface area (Å²) < 4.78 is 0. The van der Waals surface area contributed by atoms with Gasteiger partial charge in [0.05, 0.1) is 23.6 Å². The summed E-state index contributed by atoms with van der Waals surface area (Å²) in [6.07, 6.45) is 6.27. The summed E-state index contributed by atoms with van der Waals surface area (Å²) >= 11 is 1.71. The molecular weight excluding hydrogens is 384 g/mol. The van der Waals surface area contributed by atoms with Gasteiger partial charge in [-0.15, -0.1) is 11.3 Å². The zero-order chi connectivity index (χ0) is 20.4. The van der Waals surface area contributed by atoms with Gasteiger partial charge in [-0.2, -0.15) is 5.10 Å². The molecular formula is C21H26N6OS. The van der Waals surface area contributed by atoms with E-state index in [-0.39, 0.29) is 17.9 Å². The number of nitrogens with one attached hydrogen (secondary N) is 1. The lowest BCUT2D eigenvalue weighted by Gasteiger charge is -2.27. The van der Waals surface area contributed by atoms with Crippen molar-refractivity contribution in [3.63, 3.8) is 0 Å². The minimum absolute atomic E-state index is 0.00329. The van der Waals surface area contributed by atoms with E-state index in [1.54, 1.807) is 23.7 Å². The van der Waals surface area contributed by atoms with Crippen LogP contribution in [0, 0.1) is 5.92 Å². The van der Waals surface area contributed by atoms with Gasteiger partial charge in [-0.1, -0.05) is 13.0 Å². The number of hydrogen-bond donors (Lipinski definition) is 1. The van der Waals surface area contributed by atoms with Crippen molar-refractivity contribution in [1.29, 1.82) is 0 Å². The van der Waals surface area contributed by atoms with E-state index >= 15 is 0 Å². The van der Waals surface area contributed by atoms with E-state index in [9.17, 15) is 4.79 Å². The molecule has 1 amide bonds. The number of carbonyl (C=O) groups is 1. The summed E-state index contributed by atoms with van der Waals surface area (Å²) in [4.78, 5) is 27.3. The second-order valence-electron chi connectivity index (χ2n) is 7.71. The number of nitrogens with zero attached hydrogens (tertiary/aromatic N) is 5. The molecule has 0 aromatic carbocycles. The van der Waals surface area contributed by atoms with Crippen molar-refractivity contribution in [2.24, 2.45) is 5.92 Å². The van der Waals surface area contributed by atoms with Crippen LogP contribution in [0.25, 0.3) is 11.3 Å². The first-order valence-corrected chi connectivity index (χ1v) is 10.8. The second-order valence-corrected chi connectivity index (χ2v) is 8.74. The highest BCUT2D eigenvalue weighted by atomic mass is 32.1. The van der Waals surface area contributed by atoms with Crippen molar-refractivity contribution in [2.45, 2.75) is 32.2 Å². The quantitative estimate of drug-likeness (QED) is 0.673. The molecule has 0 aliphatic carbocycles. The second kappa shape index (κ2) is 8.32. The standard InChI is InChI=1S/C21H26N6OS/c1-14(12-15-6-5-11-29-15)20(28)27-10-4-7-18(27)19-16(13-23-25-19)17-8-9-22-21(24-17)26(2)3/h5-6,8-9,11,13-14,18H,4,7,10,12H2,1-3H3,(H,23,25)/t14-,18-/m1/s1. The summed E-state index contributed by atoms with van der Waals surface area (Å²) in [6.45, 7) is 2.81. The lowest BCUT2D eigenvalue weighted by molar-refractivity contribution is -0.136. The van der Waals surface area contributed by atoms with E-state index in [1.165, 1.54) is 4.88 Å². The molecule has 1 fully saturated rings. The first kappa shape index (κ1) is 19.6. The fourth-order valence-corrected chi connectivity index (χ4v) is 4.73. The molecule has 4 rings (SSSR count). The predicted molar refractivity (Wildman–Crippen MR) is 115 cm³/mol. The van der Waals surface area contributed by atoms with Gasteiger partial charge in [-0.3, -0.25) is 9.89 Å². The van der Waals surface area contributed by atoms with Gasteiger partial charge in [0.15, 0.2) is 0 Å². The topological polar surface area (TPSA) is 78.0 Å². The number of anilines is 1. The van der Waals surface area contributed by atoms with Gasteiger partial charge in [0, 0.05) is 43.2 Å². The van der Waals surface area contributed by atoms with Crippen molar-refractivity contribution < 1.29 is 4.79 Å². The Kier molecular flexibility index (Phi) is 5.62. The molecule has 1 saturated heterocycles. The maximum absolute atomic E-state index is 13.2. The van der Waals surface area contributed by atoms with Gasteiger partial charge in [0.25, 0.3) is 0 Å². The molecule has 152 valence electrons. The number of H-pyrrole nitrogens is 1. The molecule has 3 aromatic heterocycles. The van der Waals surface area contributed by atoms with Gasteiger partial charge in [-0.25, -0.2) is 9.97 Å². The van der Waals surface area contributed by atoms with Crippen molar-refractivity contribution >= 4 is 23.2 Å². The van der Waals surface area contributed by atoms with Crippen LogP contribution in [0.4, 0.5) is 5.95 Å². The van der Waals surface area contributed by atoms with Gasteiger partial charge in [-0.05, 0) is 36.8 Å². The molecule has 29 heavy (non-hydrogen) atoms. The van der Waals surface area contributed by atoms with Gasteiger partial charge >= 0.3 is 0 Å². The van der Waals surface area contributed by atoms with E-state index in [1.807, 2.05) is 43.0 Å². The Morgan fingerprint density at radius 3 is 3.03 bits per heavy atom. The van der Waals surface area contributed by atoms with Crippen LogP contribution in [-0.4, -0.2) is 51.6 Å². The van der Waals surface area contributed by atoms with Crippen LogP contribution in [0.3, 0.4) is 0 Å². The molecule has 1 aliphatic heterocycles. The zero-order valence-corrected chi connectivity index (χ0v) is 17.8. The van der Waals surface area contributed by atoms with Crippen LogP contribution >= 0.6 is 11.3 Å². The molecule has 0 unspecified atom stereocenters. The highest BCUT2D eigenvalue weighted by molar-refractivity contribution is 7.09. The first-order valence-electron chi connectivity index (χ1n) is 9.91. The Hall–Kier alpha value is -2.74. The van der Waals surface area contributed by atoms with Gasteiger partial charge in [0.2, 0.25) is 11.9 Å². The third-order valence-corrected chi connectivity index (χ3v) is 6.26. The molecule has 2 atom stereocenters. The number of thiophene rings is 1.